The Hall–Kier alpha value is -2.35. The van der Waals surface area contributed by atoms with Gasteiger partial charge in [0.1, 0.15) is 0 Å². The normalized spacial score (nSPS) is 11.0. The minimum Gasteiger partial charge on any atom is -0.481 e. The molecular weight excluding hydrogens is 248 g/mol. The van der Waals surface area contributed by atoms with E-state index < -0.39 is 5.97 Å². The van der Waals surface area contributed by atoms with E-state index in [1.807, 2.05) is 6.07 Å². The van der Waals surface area contributed by atoms with Gasteiger partial charge in [-0.05, 0) is 52.1 Å². The van der Waals surface area contributed by atoms with Gasteiger partial charge in [0.15, 0.2) is 0 Å². The number of carboxylic acid groups (broad SMARTS) is 1. The predicted molar refractivity (Wildman–Crippen MR) is 82.0 cm³/mol. The van der Waals surface area contributed by atoms with Gasteiger partial charge in [-0.25, -0.2) is 0 Å². The molecule has 100 valence electrons. The van der Waals surface area contributed by atoms with E-state index in [-0.39, 0.29) is 6.42 Å². The molecule has 3 aromatic rings. The molecule has 2 nitrogen and oxygen atoms in total. The Labute approximate surface area is 117 Å². The zero-order chi connectivity index (χ0) is 13.9. The second kappa shape index (κ2) is 5.33. The predicted octanol–water partition coefficient (Wildman–Crippen LogP) is 4.40. The number of aryl methyl sites for hydroxylation is 1. The molecule has 0 aliphatic rings. The maximum atomic E-state index is 10.5. The third kappa shape index (κ3) is 2.64. The molecule has 0 aliphatic heterocycles. The van der Waals surface area contributed by atoms with Gasteiger partial charge in [-0.15, -0.1) is 0 Å². The third-order valence-corrected chi connectivity index (χ3v) is 3.63. The van der Waals surface area contributed by atoms with Gasteiger partial charge in [-0.1, -0.05) is 42.5 Å². The fourth-order valence-corrected chi connectivity index (χ4v) is 2.59. The van der Waals surface area contributed by atoms with Crippen LogP contribution in [-0.4, -0.2) is 11.1 Å². The van der Waals surface area contributed by atoms with Crippen molar-refractivity contribution in [3.8, 4) is 0 Å². The number of hydrogen-bond donors (Lipinski definition) is 1. The van der Waals surface area contributed by atoms with Crippen molar-refractivity contribution in [3.05, 3.63) is 60.2 Å². The Morgan fingerprint density at radius 2 is 1.50 bits per heavy atom. The van der Waals surface area contributed by atoms with Crippen LogP contribution in [0.15, 0.2) is 54.6 Å². The van der Waals surface area contributed by atoms with Gasteiger partial charge < -0.3 is 5.11 Å². The summed E-state index contributed by atoms with van der Waals surface area (Å²) in [5, 5.41) is 13.6. The topological polar surface area (TPSA) is 37.3 Å². The summed E-state index contributed by atoms with van der Waals surface area (Å²) >= 11 is 0. The highest BCUT2D eigenvalue weighted by Crippen LogP contribution is 2.24. The molecule has 0 aromatic heterocycles. The first-order valence-corrected chi connectivity index (χ1v) is 6.85. The highest BCUT2D eigenvalue weighted by molar-refractivity contribution is 5.98. The van der Waals surface area contributed by atoms with E-state index in [2.05, 4.69) is 48.5 Å². The molecule has 2 heteroatoms. The second-order valence-electron chi connectivity index (χ2n) is 5.13. The van der Waals surface area contributed by atoms with Crippen molar-refractivity contribution in [1.82, 2.24) is 0 Å². The number of benzene rings is 3. The molecule has 0 spiro atoms. The maximum absolute atomic E-state index is 10.5. The Morgan fingerprint density at radius 1 is 0.850 bits per heavy atom. The van der Waals surface area contributed by atoms with E-state index in [0.29, 0.717) is 6.42 Å². The van der Waals surface area contributed by atoms with Gasteiger partial charge in [0, 0.05) is 6.42 Å². The summed E-state index contributed by atoms with van der Waals surface area (Å²) in [7, 11) is 0. The van der Waals surface area contributed by atoms with E-state index in [0.717, 1.165) is 6.42 Å². The maximum Gasteiger partial charge on any atom is 0.303 e. The van der Waals surface area contributed by atoms with E-state index >= 15 is 0 Å². The van der Waals surface area contributed by atoms with Gasteiger partial charge >= 0.3 is 5.97 Å². The van der Waals surface area contributed by atoms with Crippen molar-refractivity contribution in [2.45, 2.75) is 19.3 Å². The molecule has 0 bridgehead atoms. The molecule has 3 rings (SSSR count). The first-order chi connectivity index (χ1) is 9.72. The lowest BCUT2D eigenvalue weighted by Crippen LogP contribution is -1.95. The Bertz CT molecular complexity index is 775. The molecule has 0 atom stereocenters. The largest absolute Gasteiger partial charge is 0.481 e. The lowest BCUT2D eigenvalue weighted by atomic mass is 10.00. The van der Waals surface area contributed by atoms with Crippen LogP contribution in [0.2, 0.25) is 0 Å². The van der Waals surface area contributed by atoms with E-state index in [4.69, 9.17) is 5.11 Å². The fraction of sp³-hybridized carbons (Fsp3) is 0.167. The summed E-state index contributed by atoms with van der Waals surface area (Å²) in [5.41, 5.74) is 1.20. The van der Waals surface area contributed by atoms with Crippen LogP contribution in [-0.2, 0) is 11.2 Å². The quantitative estimate of drug-likeness (QED) is 0.709. The minimum absolute atomic E-state index is 0.232. The summed E-state index contributed by atoms with van der Waals surface area (Å²) in [6.07, 6.45) is 1.74. The van der Waals surface area contributed by atoms with Gasteiger partial charge in [0.05, 0.1) is 0 Å². The van der Waals surface area contributed by atoms with Crippen LogP contribution in [0.3, 0.4) is 0 Å². The monoisotopic (exact) mass is 264 g/mol. The average Bonchev–Trinajstić information content (AvgIpc) is 2.44. The molecule has 0 fully saturated rings. The van der Waals surface area contributed by atoms with Crippen molar-refractivity contribution in [1.29, 1.82) is 0 Å². The molecule has 0 aliphatic carbocycles. The molecule has 0 saturated carbocycles. The molecule has 3 aromatic carbocycles. The standard InChI is InChI=1S/C18H16O2/c19-18(20)7-3-4-13-8-9-16-11-14-5-1-2-6-15(14)12-17(16)10-13/h1-2,5-6,8-12H,3-4,7H2,(H,19,20). The summed E-state index contributed by atoms with van der Waals surface area (Å²) < 4.78 is 0. The van der Waals surface area contributed by atoms with Crippen molar-refractivity contribution in [3.63, 3.8) is 0 Å². The van der Waals surface area contributed by atoms with Crippen molar-refractivity contribution in [2.24, 2.45) is 0 Å². The first kappa shape index (κ1) is 12.7. The number of aliphatic carboxylic acids is 1. The lowest BCUT2D eigenvalue weighted by molar-refractivity contribution is -0.137. The van der Waals surface area contributed by atoms with Crippen molar-refractivity contribution in [2.75, 3.05) is 0 Å². The van der Waals surface area contributed by atoms with E-state index in [1.165, 1.54) is 27.1 Å². The zero-order valence-electron chi connectivity index (χ0n) is 11.2. The molecule has 0 heterocycles. The molecule has 1 N–H and O–H groups in total. The second-order valence-corrected chi connectivity index (χ2v) is 5.13. The van der Waals surface area contributed by atoms with Crippen LogP contribution in [0.25, 0.3) is 21.5 Å². The number of hydrogen-bond acceptors (Lipinski definition) is 1. The summed E-state index contributed by atoms with van der Waals surface area (Å²) in [6, 6.07) is 19.1. The SMILES string of the molecule is O=C(O)CCCc1ccc2cc3ccccc3cc2c1. The minimum atomic E-state index is -0.725. The number of carbonyl (C=O) groups is 1. The van der Waals surface area contributed by atoms with Crippen LogP contribution in [0.5, 0.6) is 0 Å². The first-order valence-electron chi connectivity index (χ1n) is 6.85. The van der Waals surface area contributed by atoms with Crippen LogP contribution < -0.4 is 0 Å². The highest BCUT2D eigenvalue weighted by atomic mass is 16.4. The Balaban J connectivity index is 1.93. The van der Waals surface area contributed by atoms with Crippen LogP contribution in [0.4, 0.5) is 0 Å². The van der Waals surface area contributed by atoms with Gasteiger partial charge in [0.2, 0.25) is 0 Å². The summed E-state index contributed by atoms with van der Waals surface area (Å²) in [6.45, 7) is 0. The highest BCUT2D eigenvalue weighted by Gasteiger charge is 2.01. The molecular formula is C18H16O2. The van der Waals surface area contributed by atoms with Gasteiger partial charge in [-0.2, -0.15) is 0 Å². The van der Waals surface area contributed by atoms with Gasteiger partial charge in [-0.3, -0.25) is 4.79 Å². The number of carboxylic acids is 1. The van der Waals surface area contributed by atoms with E-state index in [1.54, 1.807) is 0 Å². The summed E-state index contributed by atoms with van der Waals surface area (Å²) in [5.74, 6) is -0.725. The van der Waals surface area contributed by atoms with E-state index in [9.17, 15) is 4.79 Å². The van der Waals surface area contributed by atoms with Crippen molar-refractivity contribution < 1.29 is 9.90 Å². The molecule has 20 heavy (non-hydrogen) atoms. The fourth-order valence-electron chi connectivity index (χ4n) is 2.59. The van der Waals surface area contributed by atoms with Gasteiger partial charge in [0.25, 0.3) is 0 Å². The Kier molecular flexibility index (Phi) is 3.38. The Morgan fingerprint density at radius 3 is 2.20 bits per heavy atom. The average molecular weight is 264 g/mol. The lowest BCUT2D eigenvalue weighted by Gasteiger charge is -2.05. The molecule has 0 saturated heterocycles. The molecule has 0 unspecified atom stereocenters. The summed E-state index contributed by atoms with van der Waals surface area (Å²) in [4.78, 5) is 10.5. The van der Waals surface area contributed by atoms with Crippen LogP contribution in [0.1, 0.15) is 18.4 Å². The number of fused-ring (bicyclic) bond motifs is 2. The van der Waals surface area contributed by atoms with Crippen molar-refractivity contribution >= 4 is 27.5 Å². The number of rotatable bonds is 4. The smallest absolute Gasteiger partial charge is 0.303 e. The zero-order valence-corrected chi connectivity index (χ0v) is 11.2. The molecule has 0 amide bonds. The van der Waals surface area contributed by atoms with Crippen LogP contribution >= 0.6 is 0 Å². The van der Waals surface area contributed by atoms with Crippen LogP contribution in [0, 0.1) is 0 Å². The molecule has 0 radical (unpaired) electrons. The third-order valence-electron chi connectivity index (χ3n) is 3.63.